The maximum absolute atomic E-state index is 12.5. The van der Waals surface area contributed by atoms with Crippen molar-refractivity contribution in [2.75, 3.05) is 5.01 Å². The van der Waals surface area contributed by atoms with Crippen LogP contribution in [0.25, 0.3) is 6.08 Å². The van der Waals surface area contributed by atoms with E-state index in [1.165, 1.54) is 36.4 Å². The summed E-state index contributed by atoms with van der Waals surface area (Å²) in [7, 11) is 0. The Morgan fingerprint density at radius 2 is 2.12 bits per heavy atom. The number of carboxylic acids is 1. The summed E-state index contributed by atoms with van der Waals surface area (Å²) in [6.45, 7) is 1.65. The zero-order valence-electron chi connectivity index (χ0n) is 12.5. The maximum atomic E-state index is 12.5. The quantitative estimate of drug-likeness (QED) is 0.685. The summed E-state index contributed by atoms with van der Waals surface area (Å²) >= 11 is 0. The third-order valence-electron chi connectivity index (χ3n) is 3.39. The summed E-state index contributed by atoms with van der Waals surface area (Å²) in [5.41, 5.74) is 1.12. The van der Waals surface area contributed by atoms with Gasteiger partial charge in [0, 0.05) is 11.2 Å². The second-order valence-electron chi connectivity index (χ2n) is 4.98. The number of hydrogen-bond acceptors (Lipinski definition) is 6. The molecule has 0 bridgehead atoms. The summed E-state index contributed by atoms with van der Waals surface area (Å²) in [5.74, 6) is -1.31. The molecule has 120 valence electrons. The number of carbonyl (C=O) groups excluding carboxylic acids is 1. The number of anilines is 1. The van der Waals surface area contributed by atoms with E-state index in [1.54, 1.807) is 13.0 Å². The molecule has 2 aromatic rings. The Kier molecular flexibility index (Phi) is 3.78. The van der Waals surface area contributed by atoms with E-state index in [4.69, 9.17) is 9.52 Å². The summed E-state index contributed by atoms with van der Waals surface area (Å²) in [4.78, 5) is 34.0. The number of carboxylic acid groups (broad SMARTS) is 1. The van der Waals surface area contributed by atoms with Crippen LogP contribution in [0.2, 0.25) is 0 Å². The van der Waals surface area contributed by atoms with Crippen LogP contribution in [0.15, 0.2) is 56.7 Å². The van der Waals surface area contributed by atoms with E-state index in [2.05, 4.69) is 10.3 Å². The zero-order chi connectivity index (χ0) is 17.3. The Bertz CT molecular complexity index is 910. The molecule has 8 nitrogen and oxygen atoms in total. The van der Waals surface area contributed by atoms with E-state index >= 15 is 0 Å². The molecule has 0 saturated carbocycles. The van der Waals surface area contributed by atoms with Crippen LogP contribution in [-0.4, -0.2) is 22.7 Å². The molecule has 3 rings (SSSR count). The molecule has 8 heteroatoms. The van der Waals surface area contributed by atoms with Crippen molar-refractivity contribution in [3.8, 4) is 0 Å². The van der Waals surface area contributed by atoms with Crippen LogP contribution < -0.4 is 5.01 Å². The Morgan fingerprint density at radius 3 is 2.79 bits per heavy atom. The number of hydrazone groups is 1. The number of amides is 1. The minimum Gasteiger partial charge on any atom is -0.478 e. The lowest BCUT2D eigenvalue weighted by atomic mass is 10.1. The lowest BCUT2D eigenvalue weighted by molar-refractivity contribution is -0.114. The molecule has 1 aromatic heterocycles. The highest BCUT2D eigenvalue weighted by atomic mass is 16.4. The smallest absolute Gasteiger partial charge is 0.335 e. The number of carbonyl (C=O) groups is 2. The highest BCUT2D eigenvalue weighted by Crippen LogP contribution is 2.27. The van der Waals surface area contributed by atoms with Gasteiger partial charge in [-0.05, 0) is 37.3 Å². The molecular formula is C16H11N3O5. The summed E-state index contributed by atoms with van der Waals surface area (Å²) in [6.07, 6.45) is 1.46. The van der Waals surface area contributed by atoms with Crippen LogP contribution in [0.3, 0.4) is 0 Å². The molecular weight excluding hydrogens is 314 g/mol. The van der Waals surface area contributed by atoms with Gasteiger partial charge in [-0.2, -0.15) is 10.1 Å². The van der Waals surface area contributed by atoms with Crippen LogP contribution in [0, 0.1) is 4.91 Å². The van der Waals surface area contributed by atoms with Crippen molar-refractivity contribution in [2.24, 2.45) is 10.3 Å². The van der Waals surface area contributed by atoms with Crippen LogP contribution in [-0.2, 0) is 4.79 Å². The molecule has 24 heavy (non-hydrogen) atoms. The fraction of sp³-hybridized carbons (Fsp3) is 0.0625. The number of nitroso groups, excluding NO2 is 1. The predicted octanol–water partition coefficient (Wildman–Crippen LogP) is 3.18. The molecule has 0 fully saturated rings. The number of nitrogens with zero attached hydrogens (tertiary/aromatic N) is 3. The second-order valence-corrected chi connectivity index (χ2v) is 4.98. The van der Waals surface area contributed by atoms with Crippen LogP contribution in [0.4, 0.5) is 11.6 Å². The standard InChI is InChI=1S/C16H11N3O5/c1-9-13(8-12-5-6-14(18-23)24-12)15(20)19(17-9)11-4-2-3-10(7-11)16(21)22/h2-8H,1H3,(H,21,22)/b13-8-. The molecule has 1 aliphatic rings. The number of furan rings is 1. The van der Waals surface area contributed by atoms with Gasteiger partial charge >= 0.3 is 5.97 Å². The van der Waals surface area contributed by atoms with Crippen LogP contribution in [0.5, 0.6) is 0 Å². The minimum absolute atomic E-state index is 0.0540. The molecule has 0 spiro atoms. The largest absolute Gasteiger partial charge is 0.478 e. The number of aromatic carboxylic acids is 1. The molecule has 0 radical (unpaired) electrons. The summed E-state index contributed by atoms with van der Waals surface area (Å²) in [5, 5.41) is 17.0. The van der Waals surface area contributed by atoms with Gasteiger partial charge in [0.05, 0.1) is 22.5 Å². The van der Waals surface area contributed by atoms with E-state index in [1.807, 2.05) is 0 Å². The van der Waals surface area contributed by atoms with Crippen molar-refractivity contribution in [3.63, 3.8) is 0 Å². The van der Waals surface area contributed by atoms with Crippen LogP contribution in [0.1, 0.15) is 23.0 Å². The number of rotatable bonds is 4. The second kappa shape index (κ2) is 5.92. The van der Waals surface area contributed by atoms with E-state index in [0.717, 1.165) is 5.01 Å². The fourth-order valence-electron chi connectivity index (χ4n) is 2.24. The molecule has 1 amide bonds. The Morgan fingerprint density at radius 1 is 1.33 bits per heavy atom. The molecule has 0 unspecified atom stereocenters. The SMILES string of the molecule is CC1=NN(c2cccc(C(=O)O)c2)C(=O)/C1=C\c1ccc(N=O)o1. The number of hydrogen-bond donors (Lipinski definition) is 1. The monoisotopic (exact) mass is 325 g/mol. The van der Waals surface area contributed by atoms with Crippen molar-refractivity contribution >= 4 is 35.2 Å². The van der Waals surface area contributed by atoms with Crippen molar-refractivity contribution in [2.45, 2.75) is 6.92 Å². The van der Waals surface area contributed by atoms with Crippen molar-refractivity contribution in [1.82, 2.24) is 0 Å². The van der Waals surface area contributed by atoms with Gasteiger partial charge in [0.1, 0.15) is 5.76 Å². The third-order valence-corrected chi connectivity index (χ3v) is 3.39. The highest BCUT2D eigenvalue weighted by molar-refractivity contribution is 6.32. The van der Waals surface area contributed by atoms with E-state index < -0.39 is 11.9 Å². The lowest BCUT2D eigenvalue weighted by Gasteiger charge is -2.12. The Balaban J connectivity index is 1.94. The molecule has 1 N–H and O–H groups in total. The third kappa shape index (κ3) is 2.72. The van der Waals surface area contributed by atoms with E-state index in [-0.39, 0.29) is 17.0 Å². The van der Waals surface area contributed by atoms with Crippen LogP contribution >= 0.6 is 0 Å². The summed E-state index contributed by atoms with van der Waals surface area (Å²) in [6, 6.07) is 8.81. The fourth-order valence-corrected chi connectivity index (χ4v) is 2.24. The van der Waals surface area contributed by atoms with Gasteiger partial charge < -0.3 is 9.52 Å². The molecule has 1 aromatic carbocycles. The van der Waals surface area contributed by atoms with Gasteiger partial charge in [0.25, 0.3) is 11.8 Å². The topological polar surface area (TPSA) is 113 Å². The van der Waals surface area contributed by atoms with Gasteiger partial charge in [-0.3, -0.25) is 4.79 Å². The molecule has 1 aliphatic heterocycles. The van der Waals surface area contributed by atoms with Gasteiger partial charge in [0.2, 0.25) is 0 Å². The maximum Gasteiger partial charge on any atom is 0.335 e. The van der Waals surface area contributed by atoms with Gasteiger partial charge in [-0.25, -0.2) is 4.79 Å². The lowest BCUT2D eigenvalue weighted by Crippen LogP contribution is -2.21. The minimum atomic E-state index is -1.09. The predicted molar refractivity (Wildman–Crippen MR) is 86.1 cm³/mol. The van der Waals surface area contributed by atoms with Gasteiger partial charge in [0.15, 0.2) is 0 Å². The van der Waals surface area contributed by atoms with Crippen molar-refractivity contribution in [3.05, 3.63) is 58.2 Å². The zero-order valence-corrected chi connectivity index (χ0v) is 12.5. The molecule has 0 atom stereocenters. The average Bonchev–Trinajstić information content (AvgIpc) is 3.14. The van der Waals surface area contributed by atoms with Gasteiger partial charge in [-0.1, -0.05) is 6.07 Å². The Labute approximate surface area is 135 Å². The average molecular weight is 325 g/mol. The van der Waals surface area contributed by atoms with E-state index in [0.29, 0.717) is 17.2 Å². The first kappa shape index (κ1) is 15.3. The Hall–Kier alpha value is -3.55. The van der Waals surface area contributed by atoms with Crippen molar-refractivity contribution < 1.29 is 19.1 Å². The van der Waals surface area contributed by atoms with Crippen molar-refractivity contribution in [1.29, 1.82) is 0 Å². The van der Waals surface area contributed by atoms with Gasteiger partial charge in [-0.15, -0.1) is 4.91 Å². The first-order valence-electron chi connectivity index (χ1n) is 6.88. The molecule has 0 saturated heterocycles. The first-order valence-corrected chi connectivity index (χ1v) is 6.88. The molecule has 0 aliphatic carbocycles. The van der Waals surface area contributed by atoms with E-state index in [9.17, 15) is 14.5 Å². The summed E-state index contributed by atoms with van der Waals surface area (Å²) < 4.78 is 5.12. The molecule has 2 heterocycles. The normalized spacial score (nSPS) is 15.7. The first-order chi connectivity index (χ1) is 11.5. The highest BCUT2D eigenvalue weighted by Gasteiger charge is 2.29. The number of benzene rings is 1.